The molecule has 3 rings (SSSR count). The second kappa shape index (κ2) is 7.78. The molecular weight excluding hydrogens is 427 g/mol. The van der Waals surface area contributed by atoms with Gasteiger partial charge in [-0.05, 0) is 53.9 Å². The highest BCUT2D eigenvalue weighted by atomic mass is 32.2. The molecule has 28 heavy (non-hydrogen) atoms. The fourth-order valence-corrected chi connectivity index (χ4v) is 5.39. The van der Waals surface area contributed by atoms with Crippen LogP contribution in [0.5, 0.6) is 5.75 Å². The monoisotopic (exact) mass is 442 g/mol. The van der Waals surface area contributed by atoms with Gasteiger partial charge in [0.2, 0.25) is 0 Å². The zero-order chi connectivity index (χ0) is 20.4. The lowest BCUT2D eigenvalue weighted by Gasteiger charge is -2.14. The maximum absolute atomic E-state index is 13.0. The van der Waals surface area contributed by atoms with Gasteiger partial charge in [0.1, 0.15) is 15.8 Å². The lowest BCUT2D eigenvalue weighted by atomic mass is 10.2. The van der Waals surface area contributed by atoms with Crippen LogP contribution in [0.25, 0.3) is 0 Å². The smallest absolute Gasteiger partial charge is 0.271 e. The first-order valence-electron chi connectivity index (χ1n) is 7.74. The number of ether oxygens (including phenoxy) is 1. The van der Waals surface area contributed by atoms with E-state index in [1.807, 2.05) is 0 Å². The summed E-state index contributed by atoms with van der Waals surface area (Å²) in [6.07, 6.45) is 0. The molecule has 0 radical (unpaired) electrons. The average molecular weight is 443 g/mol. The molecule has 148 valence electrons. The van der Waals surface area contributed by atoms with Gasteiger partial charge in [-0.1, -0.05) is 6.07 Å². The molecule has 3 aromatic rings. The number of halogens is 1. The molecule has 0 bridgehead atoms. The van der Waals surface area contributed by atoms with Crippen molar-refractivity contribution < 1.29 is 26.0 Å². The van der Waals surface area contributed by atoms with Gasteiger partial charge in [0.05, 0.1) is 23.4 Å². The summed E-state index contributed by atoms with van der Waals surface area (Å²) < 4.78 is 72.8. The normalized spacial score (nSPS) is 11.8. The van der Waals surface area contributed by atoms with Crippen LogP contribution in [0.2, 0.25) is 0 Å². The van der Waals surface area contributed by atoms with E-state index >= 15 is 0 Å². The van der Waals surface area contributed by atoms with E-state index in [-0.39, 0.29) is 26.2 Å². The number of thiophene rings is 1. The summed E-state index contributed by atoms with van der Waals surface area (Å²) in [6.45, 7) is 0. The first-order chi connectivity index (χ1) is 13.2. The Bertz CT molecular complexity index is 1180. The summed E-state index contributed by atoms with van der Waals surface area (Å²) in [5.74, 6) is -0.383. The highest BCUT2D eigenvalue weighted by molar-refractivity contribution is 7.94. The van der Waals surface area contributed by atoms with Gasteiger partial charge in [-0.15, -0.1) is 11.3 Å². The molecule has 0 fully saturated rings. The van der Waals surface area contributed by atoms with Crippen molar-refractivity contribution in [1.29, 1.82) is 0 Å². The number of benzene rings is 2. The Morgan fingerprint density at radius 1 is 0.929 bits per heavy atom. The van der Waals surface area contributed by atoms with Gasteiger partial charge < -0.3 is 4.74 Å². The first kappa shape index (κ1) is 20.1. The molecule has 0 unspecified atom stereocenters. The quantitative estimate of drug-likeness (QED) is 0.583. The third-order valence-corrected chi connectivity index (χ3v) is 7.74. The Kier molecular flexibility index (Phi) is 5.59. The topological polar surface area (TPSA) is 102 Å². The van der Waals surface area contributed by atoms with Crippen molar-refractivity contribution >= 4 is 42.8 Å². The van der Waals surface area contributed by atoms with E-state index in [9.17, 15) is 21.2 Å². The third kappa shape index (κ3) is 4.43. The fourth-order valence-electron chi connectivity index (χ4n) is 2.29. The molecule has 0 spiro atoms. The molecule has 1 aromatic heterocycles. The van der Waals surface area contributed by atoms with Crippen LogP contribution in [0.15, 0.2) is 69.1 Å². The second-order valence-corrected chi connectivity index (χ2v) is 10.1. The van der Waals surface area contributed by atoms with Crippen LogP contribution in [0.3, 0.4) is 0 Å². The summed E-state index contributed by atoms with van der Waals surface area (Å²) in [6, 6.07) is 11.5. The Balaban J connectivity index is 1.92. The van der Waals surface area contributed by atoms with Crippen molar-refractivity contribution in [3.63, 3.8) is 0 Å². The Labute approximate surface area is 165 Å². The third-order valence-electron chi connectivity index (χ3n) is 3.58. The maximum Gasteiger partial charge on any atom is 0.271 e. The fraction of sp³-hybridized carbons (Fsp3) is 0.0588. The molecule has 0 aliphatic carbocycles. The van der Waals surface area contributed by atoms with Crippen molar-refractivity contribution in [3.05, 3.63) is 65.8 Å². The van der Waals surface area contributed by atoms with E-state index in [0.717, 1.165) is 35.6 Å². The van der Waals surface area contributed by atoms with Crippen molar-refractivity contribution in [2.45, 2.75) is 9.10 Å². The number of nitrogens with one attached hydrogen (secondary N) is 2. The van der Waals surface area contributed by atoms with Crippen LogP contribution in [0.4, 0.5) is 15.8 Å². The predicted molar refractivity (Wildman–Crippen MR) is 105 cm³/mol. The second-order valence-electron chi connectivity index (χ2n) is 5.51. The van der Waals surface area contributed by atoms with Gasteiger partial charge in [0, 0.05) is 0 Å². The lowest BCUT2D eigenvalue weighted by molar-refractivity contribution is 0.417. The van der Waals surface area contributed by atoms with Gasteiger partial charge in [-0.2, -0.15) is 0 Å². The molecule has 1 heterocycles. The summed E-state index contributed by atoms with van der Waals surface area (Å²) in [5, 5.41) is 1.63. The van der Waals surface area contributed by atoms with Crippen molar-refractivity contribution in [2.75, 3.05) is 16.6 Å². The molecule has 7 nitrogen and oxygen atoms in total. The van der Waals surface area contributed by atoms with E-state index in [0.29, 0.717) is 0 Å². The van der Waals surface area contributed by atoms with Crippen molar-refractivity contribution in [3.8, 4) is 5.75 Å². The number of anilines is 2. The minimum atomic E-state index is -4.04. The molecule has 0 atom stereocenters. The zero-order valence-electron chi connectivity index (χ0n) is 14.4. The van der Waals surface area contributed by atoms with E-state index < -0.39 is 25.9 Å². The molecule has 11 heteroatoms. The average Bonchev–Trinajstić information content (AvgIpc) is 3.17. The van der Waals surface area contributed by atoms with Crippen LogP contribution in [0.1, 0.15) is 0 Å². The van der Waals surface area contributed by atoms with Gasteiger partial charge in [0.25, 0.3) is 20.0 Å². The molecule has 0 aliphatic rings. The highest BCUT2D eigenvalue weighted by Gasteiger charge is 2.19. The number of methoxy groups -OCH3 is 1. The maximum atomic E-state index is 13.0. The Morgan fingerprint density at radius 2 is 1.64 bits per heavy atom. The van der Waals surface area contributed by atoms with Crippen LogP contribution in [0, 0.1) is 5.82 Å². The molecule has 0 saturated carbocycles. The Hall–Kier alpha value is -2.63. The minimum absolute atomic E-state index is 0.0261. The SMILES string of the molecule is COc1ccc(NS(=O)(=O)c2cccs2)cc1NS(=O)(=O)c1ccc(F)cc1. The van der Waals surface area contributed by atoms with Crippen LogP contribution >= 0.6 is 11.3 Å². The number of hydrogen-bond donors (Lipinski definition) is 2. The summed E-state index contributed by atoms with van der Waals surface area (Å²) in [7, 11) is -6.49. The number of sulfonamides is 2. The van der Waals surface area contributed by atoms with Gasteiger partial charge in [-0.3, -0.25) is 9.44 Å². The van der Waals surface area contributed by atoms with Gasteiger partial charge in [-0.25, -0.2) is 21.2 Å². The molecule has 0 saturated heterocycles. The lowest BCUT2D eigenvalue weighted by Crippen LogP contribution is -2.15. The summed E-state index contributed by atoms with van der Waals surface area (Å²) >= 11 is 1.05. The highest BCUT2D eigenvalue weighted by Crippen LogP contribution is 2.31. The van der Waals surface area contributed by atoms with Gasteiger partial charge >= 0.3 is 0 Å². The molecule has 2 N–H and O–H groups in total. The van der Waals surface area contributed by atoms with E-state index in [1.165, 1.54) is 31.4 Å². The molecular formula is C17H15FN2O5S3. The van der Waals surface area contributed by atoms with Crippen LogP contribution in [-0.4, -0.2) is 23.9 Å². The van der Waals surface area contributed by atoms with E-state index in [4.69, 9.17) is 4.74 Å². The zero-order valence-corrected chi connectivity index (χ0v) is 16.9. The number of hydrogen-bond acceptors (Lipinski definition) is 6. The van der Waals surface area contributed by atoms with Crippen molar-refractivity contribution in [1.82, 2.24) is 0 Å². The first-order valence-corrected chi connectivity index (χ1v) is 11.6. The van der Waals surface area contributed by atoms with Gasteiger partial charge in [0.15, 0.2) is 0 Å². The standard InChI is InChI=1S/C17H15FN2O5S3/c1-25-16-9-6-13(19-28(23,24)17-3-2-10-26-17)11-15(16)20-27(21,22)14-7-4-12(18)5-8-14/h2-11,19-20H,1H3. The molecule has 2 aromatic carbocycles. The largest absolute Gasteiger partial charge is 0.495 e. The van der Waals surface area contributed by atoms with E-state index in [1.54, 1.807) is 11.4 Å². The minimum Gasteiger partial charge on any atom is -0.495 e. The van der Waals surface area contributed by atoms with E-state index in [2.05, 4.69) is 9.44 Å². The molecule has 0 aliphatic heterocycles. The van der Waals surface area contributed by atoms with Crippen LogP contribution in [-0.2, 0) is 20.0 Å². The Morgan fingerprint density at radius 3 is 2.25 bits per heavy atom. The van der Waals surface area contributed by atoms with Crippen LogP contribution < -0.4 is 14.2 Å². The summed E-state index contributed by atoms with van der Waals surface area (Å²) in [4.78, 5) is -0.152. The van der Waals surface area contributed by atoms with Crippen molar-refractivity contribution in [2.24, 2.45) is 0 Å². The number of rotatable bonds is 7. The predicted octanol–water partition coefficient (Wildman–Crippen LogP) is 3.50. The molecule has 0 amide bonds. The summed E-state index contributed by atoms with van der Waals surface area (Å²) in [5.41, 5.74) is 0.171.